The molecule has 1 amide bonds. The van der Waals surface area contributed by atoms with Gasteiger partial charge in [0.1, 0.15) is 0 Å². The Kier molecular flexibility index (Phi) is 5.62. The predicted octanol–water partition coefficient (Wildman–Crippen LogP) is 4.72. The zero-order chi connectivity index (χ0) is 22.1. The van der Waals surface area contributed by atoms with Crippen molar-refractivity contribution in [2.45, 2.75) is 38.8 Å². The molecule has 0 aliphatic carbocycles. The Hall–Kier alpha value is -3.25. The Morgan fingerprint density at radius 2 is 1.97 bits per heavy atom. The van der Waals surface area contributed by atoms with Crippen LogP contribution >= 0.6 is 11.3 Å². The summed E-state index contributed by atoms with van der Waals surface area (Å²) in [5.74, 6) is 0.133. The summed E-state index contributed by atoms with van der Waals surface area (Å²) in [5, 5.41) is 2.75. The van der Waals surface area contributed by atoms with Crippen LogP contribution in [0.25, 0.3) is 10.9 Å². The molecule has 32 heavy (non-hydrogen) atoms. The van der Waals surface area contributed by atoms with Gasteiger partial charge in [0.05, 0.1) is 23.3 Å². The molecule has 2 aromatic heterocycles. The molecule has 2 aromatic carbocycles. The first kappa shape index (κ1) is 20.6. The van der Waals surface area contributed by atoms with Crippen molar-refractivity contribution in [1.82, 2.24) is 14.5 Å². The van der Waals surface area contributed by atoms with Crippen LogP contribution in [0.1, 0.15) is 40.5 Å². The number of aryl methyl sites for hydroxylation is 2. The van der Waals surface area contributed by atoms with Crippen molar-refractivity contribution in [2.24, 2.45) is 0 Å². The summed E-state index contributed by atoms with van der Waals surface area (Å²) in [6.45, 7) is 3.16. The van der Waals surface area contributed by atoms with Gasteiger partial charge < -0.3 is 4.90 Å². The Morgan fingerprint density at radius 1 is 1.12 bits per heavy atom. The molecule has 5 rings (SSSR count). The molecule has 0 fully saturated rings. The summed E-state index contributed by atoms with van der Waals surface area (Å²) in [5.41, 5.74) is 4.08. The first-order valence-electron chi connectivity index (χ1n) is 11.0. The number of fused-ring (bicyclic) bond motifs is 2. The number of thiophene rings is 1. The fourth-order valence-electron chi connectivity index (χ4n) is 4.62. The normalized spacial score (nSPS) is 15.7. The molecule has 0 bridgehead atoms. The Balaban J connectivity index is 1.32. The summed E-state index contributed by atoms with van der Waals surface area (Å²) in [4.78, 5) is 33.9. The zero-order valence-corrected chi connectivity index (χ0v) is 18.8. The van der Waals surface area contributed by atoms with E-state index < -0.39 is 0 Å². The van der Waals surface area contributed by atoms with E-state index in [0.29, 0.717) is 24.8 Å². The maximum Gasteiger partial charge on any atom is 0.261 e. The van der Waals surface area contributed by atoms with Gasteiger partial charge in [-0.25, -0.2) is 4.98 Å². The smallest absolute Gasteiger partial charge is 0.261 e. The van der Waals surface area contributed by atoms with E-state index in [4.69, 9.17) is 0 Å². The molecular weight excluding hydrogens is 418 g/mol. The second kappa shape index (κ2) is 8.71. The number of amides is 1. The van der Waals surface area contributed by atoms with Crippen LogP contribution in [0.2, 0.25) is 0 Å². The largest absolute Gasteiger partial charge is 0.331 e. The molecular formula is C26H25N3O2S. The first-order valence-corrected chi connectivity index (χ1v) is 11.9. The summed E-state index contributed by atoms with van der Waals surface area (Å²) in [7, 11) is 0. The van der Waals surface area contributed by atoms with Crippen LogP contribution in [0.5, 0.6) is 0 Å². The van der Waals surface area contributed by atoms with Gasteiger partial charge in [-0.2, -0.15) is 0 Å². The average molecular weight is 444 g/mol. The van der Waals surface area contributed by atoms with Gasteiger partial charge in [-0.3, -0.25) is 14.2 Å². The number of nitrogens with zero attached hydrogens (tertiary/aromatic N) is 3. The molecule has 0 saturated heterocycles. The number of carbonyl (C=O) groups is 1. The summed E-state index contributed by atoms with van der Waals surface area (Å²) < 4.78 is 1.62. The van der Waals surface area contributed by atoms with Crippen molar-refractivity contribution in [3.8, 4) is 0 Å². The highest BCUT2D eigenvalue weighted by atomic mass is 32.1. The number of rotatable bonds is 5. The van der Waals surface area contributed by atoms with Crippen molar-refractivity contribution >= 4 is 28.1 Å². The van der Waals surface area contributed by atoms with Crippen molar-refractivity contribution < 1.29 is 4.79 Å². The molecule has 0 radical (unpaired) electrons. The third-order valence-electron chi connectivity index (χ3n) is 6.25. The third kappa shape index (κ3) is 3.75. The maximum atomic E-state index is 13.3. The maximum absolute atomic E-state index is 13.3. The fourth-order valence-corrected chi connectivity index (χ4v) is 5.52. The quantitative estimate of drug-likeness (QED) is 0.448. The number of benzene rings is 2. The highest BCUT2D eigenvalue weighted by Crippen LogP contribution is 2.38. The van der Waals surface area contributed by atoms with Crippen LogP contribution in [-0.4, -0.2) is 26.9 Å². The van der Waals surface area contributed by atoms with Crippen LogP contribution in [0, 0.1) is 6.92 Å². The SMILES string of the molecule is Cc1cccc2c(=O)n(CCCC(=O)N3CCc4sccc4C3c3ccccc3)cnc12. The molecule has 0 saturated carbocycles. The van der Waals surface area contributed by atoms with E-state index in [1.807, 2.05) is 48.2 Å². The molecule has 1 unspecified atom stereocenters. The average Bonchev–Trinajstić information content (AvgIpc) is 3.30. The van der Waals surface area contributed by atoms with Gasteiger partial charge >= 0.3 is 0 Å². The highest BCUT2D eigenvalue weighted by Gasteiger charge is 2.32. The fraction of sp³-hybridized carbons (Fsp3) is 0.269. The lowest BCUT2D eigenvalue weighted by Crippen LogP contribution is -2.40. The van der Waals surface area contributed by atoms with E-state index in [9.17, 15) is 9.59 Å². The van der Waals surface area contributed by atoms with Gasteiger partial charge in [0.15, 0.2) is 0 Å². The molecule has 162 valence electrons. The van der Waals surface area contributed by atoms with Gasteiger partial charge in [0.2, 0.25) is 5.91 Å². The van der Waals surface area contributed by atoms with E-state index in [1.54, 1.807) is 22.2 Å². The van der Waals surface area contributed by atoms with E-state index in [1.165, 1.54) is 10.4 Å². The van der Waals surface area contributed by atoms with Crippen molar-refractivity contribution in [3.05, 3.63) is 98.2 Å². The van der Waals surface area contributed by atoms with Gasteiger partial charge in [0.25, 0.3) is 5.56 Å². The summed E-state index contributed by atoms with van der Waals surface area (Å²) in [6, 6.07) is 18.0. The highest BCUT2D eigenvalue weighted by molar-refractivity contribution is 7.10. The Bertz CT molecular complexity index is 1330. The molecule has 1 aliphatic heterocycles. The van der Waals surface area contributed by atoms with Crippen molar-refractivity contribution in [2.75, 3.05) is 6.54 Å². The predicted molar refractivity (Wildman–Crippen MR) is 128 cm³/mol. The number of hydrogen-bond donors (Lipinski definition) is 0. The number of hydrogen-bond acceptors (Lipinski definition) is 4. The second-order valence-electron chi connectivity index (χ2n) is 8.27. The van der Waals surface area contributed by atoms with Gasteiger partial charge in [-0.05, 0) is 54.0 Å². The van der Waals surface area contributed by atoms with Crippen LogP contribution < -0.4 is 5.56 Å². The minimum absolute atomic E-state index is 0.0354. The van der Waals surface area contributed by atoms with Crippen molar-refractivity contribution in [1.29, 1.82) is 0 Å². The monoisotopic (exact) mass is 443 g/mol. The summed E-state index contributed by atoms with van der Waals surface area (Å²) >= 11 is 1.77. The lowest BCUT2D eigenvalue weighted by Gasteiger charge is -2.36. The van der Waals surface area contributed by atoms with Crippen LogP contribution in [-0.2, 0) is 17.8 Å². The van der Waals surface area contributed by atoms with E-state index >= 15 is 0 Å². The van der Waals surface area contributed by atoms with Crippen LogP contribution in [0.15, 0.2) is 71.1 Å². The molecule has 4 aromatic rings. The number of carbonyl (C=O) groups excluding carboxylic acids is 1. The standard InChI is InChI=1S/C26H25N3O2S/c1-18-7-5-10-21-24(18)27-17-28(26(21)31)14-6-11-23(30)29-15-12-22-20(13-16-32-22)25(29)19-8-3-2-4-9-19/h2-5,7-10,13,16-17,25H,6,11-12,14-15H2,1H3. The van der Waals surface area contributed by atoms with Gasteiger partial charge in [0, 0.05) is 24.4 Å². The first-order chi connectivity index (χ1) is 15.6. The van der Waals surface area contributed by atoms with E-state index in [0.717, 1.165) is 29.6 Å². The molecule has 0 spiro atoms. The summed E-state index contributed by atoms with van der Waals surface area (Å²) in [6.07, 6.45) is 3.51. The molecule has 0 N–H and O–H groups in total. The van der Waals surface area contributed by atoms with E-state index in [2.05, 4.69) is 28.6 Å². The lowest BCUT2D eigenvalue weighted by atomic mass is 9.93. The lowest BCUT2D eigenvalue weighted by molar-refractivity contribution is -0.133. The molecule has 6 heteroatoms. The van der Waals surface area contributed by atoms with Crippen LogP contribution in [0.4, 0.5) is 0 Å². The third-order valence-corrected chi connectivity index (χ3v) is 7.24. The molecule has 3 heterocycles. The van der Waals surface area contributed by atoms with Gasteiger partial charge in [-0.1, -0.05) is 42.5 Å². The van der Waals surface area contributed by atoms with Crippen LogP contribution in [0.3, 0.4) is 0 Å². The number of aromatic nitrogens is 2. The zero-order valence-electron chi connectivity index (χ0n) is 18.0. The molecule has 5 nitrogen and oxygen atoms in total. The Labute approximate surface area is 191 Å². The minimum atomic E-state index is -0.0470. The van der Waals surface area contributed by atoms with Gasteiger partial charge in [-0.15, -0.1) is 11.3 Å². The molecule has 1 aliphatic rings. The van der Waals surface area contributed by atoms with E-state index in [-0.39, 0.29) is 17.5 Å². The Morgan fingerprint density at radius 3 is 2.81 bits per heavy atom. The minimum Gasteiger partial charge on any atom is -0.331 e. The second-order valence-corrected chi connectivity index (χ2v) is 9.27. The van der Waals surface area contributed by atoms with Crippen molar-refractivity contribution in [3.63, 3.8) is 0 Å². The molecule has 1 atom stereocenters. The topological polar surface area (TPSA) is 55.2 Å². The number of para-hydroxylation sites is 1.